The van der Waals surface area contributed by atoms with Crippen molar-refractivity contribution in [2.24, 2.45) is 0 Å². The van der Waals surface area contributed by atoms with Crippen LogP contribution in [0.5, 0.6) is 0 Å². The molecule has 0 saturated carbocycles. The monoisotopic (exact) mass is 338 g/mol. The molecule has 1 aromatic carbocycles. The van der Waals surface area contributed by atoms with Gasteiger partial charge in [-0.1, -0.05) is 47.7 Å². The second kappa shape index (κ2) is 6.67. The van der Waals surface area contributed by atoms with E-state index in [4.69, 9.17) is 4.74 Å². The van der Waals surface area contributed by atoms with Crippen LogP contribution in [0, 0.1) is 0 Å². The van der Waals surface area contributed by atoms with E-state index in [0.717, 1.165) is 22.4 Å². The molecule has 0 amide bonds. The van der Waals surface area contributed by atoms with Crippen LogP contribution in [0.25, 0.3) is 10.7 Å². The van der Waals surface area contributed by atoms with E-state index >= 15 is 0 Å². The van der Waals surface area contributed by atoms with Crippen LogP contribution in [-0.4, -0.2) is 34.4 Å². The molecule has 0 unspecified atom stereocenters. The Bertz CT molecular complexity index is 793. The molecule has 0 N–H and O–H groups in total. The summed E-state index contributed by atoms with van der Waals surface area (Å²) in [5.74, 6) is 0. The highest BCUT2D eigenvalue weighted by Crippen LogP contribution is 2.33. The standard InChI is InChI=1S/C18H18N4OS/c1-13-12-23-16(14-7-3-2-4-8-14)11-22(13)18-21-20-17(24-18)15-9-5-6-10-19-15/h2-10,13,16H,11-12H2,1H3/t13-,16-/m1/s1. The number of aromatic nitrogens is 3. The zero-order valence-corrected chi connectivity index (χ0v) is 14.2. The maximum absolute atomic E-state index is 6.02. The van der Waals surface area contributed by atoms with E-state index in [1.54, 1.807) is 17.5 Å². The zero-order chi connectivity index (χ0) is 16.4. The van der Waals surface area contributed by atoms with Crippen LogP contribution >= 0.6 is 11.3 Å². The Morgan fingerprint density at radius 1 is 1.08 bits per heavy atom. The van der Waals surface area contributed by atoms with Gasteiger partial charge in [0, 0.05) is 6.20 Å². The highest BCUT2D eigenvalue weighted by molar-refractivity contribution is 7.18. The number of hydrogen-bond donors (Lipinski definition) is 0. The Labute approximate surface area is 145 Å². The lowest BCUT2D eigenvalue weighted by Crippen LogP contribution is -2.45. The molecule has 2 aromatic heterocycles. The van der Waals surface area contributed by atoms with Gasteiger partial charge in [-0.2, -0.15) is 0 Å². The van der Waals surface area contributed by atoms with E-state index in [1.165, 1.54) is 5.56 Å². The molecule has 3 heterocycles. The van der Waals surface area contributed by atoms with Crippen LogP contribution in [0.1, 0.15) is 18.6 Å². The molecule has 3 aromatic rings. The summed E-state index contributed by atoms with van der Waals surface area (Å²) in [5, 5.41) is 10.5. The minimum absolute atomic E-state index is 0.0598. The fourth-order valence-electron chi connectivity index (χ4n) is 2.82. The number of hydrogen-bond acceptors (Lipinski definition) is 6. The molecule has 0 aliphatic carbocycles. The molecule has 0 radical (unpaired) electrons. The van der Waals surface area contributed by atoms with Crippen molar-refractivity contribution in [3.63, 3.8) is 0 Å². The summed E-state index contributed by atoms with van der Waals surface area (Å²) in [4.78, 5) is 6.64. The van der Waals surface area contributed by atoms with Crippen molar-refractivity contribution in [3.05, 3.63) is 60.3 Å². The summed E-state index contributed by atoms with van der Waals surface area (Å²) in [6.45, 7) is 3.61. The molecule has 0 spiro atoms. The maximum atomic E-state index is 6.02. The molecule has 1 aliphatic heterocycles. The van der Waals surface area contributed by atoms with Gasteiger partial charge in [0.25, 0.3) is 0 Å². The lowest BCUT2D eigenvalue weighted by atomic mass is 10.1. The van der Waals surface area contributed by atoms with Crippen molar-refractivity contribution in [2.45, 2.75) is 19.1 Å². The Morgan fingerprint density at radius 3 is 2.71 bits per heavy atom. The average molecular weight is 338 g/mol. The second-order valence-electron chi connectivity index (χ2n) is 5.84. The number of anilines is 1. The van der Waals surface area contributed by atoms with Gasteiger partial charge in [-0.05, 0) is 24.6 Å². The SMILES string of the molecule is C[C@@H]1CO[C@@H](c2ccccc2)CN1c1nnc(-c2ccccn2)s1. The van der Waals surface area contributed by atoms with Gasteiger partial charge in [0.15, 0.2) is 5.01 Å². The van der Waals surface area contributed by atoms with E-state index in [1.807, 2.05) is 36.4 Å². The number of nitrogens with zero attached hydrogens (tertiary/aromatic N) is 4. The Morgan fingerprint density at radius 2 is 1.92 bits per heavy atom. The molecule has 4 rings (SSSR count). The lowest BCUT2D eigenvalue weighted by molar-refractivity contribution is 0.0215. The van der Waals surface area contributed by atoms with Crippen molar-refractivity contribution in [2.75, 3.05) is 18.1 Å². The number of morpholine rings is 1. The molecule has 1 aliphatic rings. The number of pyridine rings is 1. The van der Waals surface area contributed by atoms with E-state index in [2.05, 4.69) is 39.1 Å². The van der Waals surface area contributed by atoms with Crippen LogP contribution in [0.2, 0.25) is 0 Å². The molecule has 24 heavy (non-hydrogen) atoms. The lowest BCUT2D eigenvalue weighted by Gasteiger charge is -2.37. The first kappa shape index (κ1) is 15.2. The van der Waals surface area contributed by atoms with Gasteiger partial charge in [0.05, 0.1) is 19.2 Å². The van der Waals surface area contributed by atoms with Crippen molar-refractivity contribution in [1.82, 2.24) is 15.2 Å². The number of ether oxygens (including phenoxy) is 1. The van der Waals surface area contributed by atoms with Crippen molar-refractivity contribution in [1.29, 1.82) is 0 Å². The van der Waals surface area contributed by atoms with E-state index in [9.17, 15) is 0 Å². The number of benzene rings is 1. The first-order valence-electron chi connectivity index (χ1n) is 7.99. The minimum atomic E-state index is 0.0598. The Balaban J connectivity index is 1.57. The van der Waals surface area contributed by atoms with E-state index < -0.39 is 0 Å². The highest BCUT2D eigenvalue weighted by atomic mass is 32.1. The van der Waals surface area contributed by atoms with Crippen LogP contribution < -0.4 is 4.90 Å². The second-order valence-corrected chi connectivity index (χ2v) is 6.79. The fraction of sp³-hybridized carbons (Fsp3) is 0.278. The largest absolute Gasteiger partial charge is 0.370 e. The topological polar surface area (TPSA) is 51.1 Å². The first-order chi connectivity index (χ1) is 11.8. The van der Waals surface area contributed by atoms with Gasteiger partial charge >= 0.3 is 0 Å². The van der Waals surface area contributed by atoms with Crippen molar-refractivity contribution in [3.8, 4) is 10.7 Å². The molecule has 122 valence electrons. The summed E-state index contributed by atoms with van der Waals surface area (Å²) >= 11 is 1.58. The molecule has 0 bridgehead atoms. The summed E-state index contributed by atoms with van der Waals surface area (Å²) in [6.07, 6.45) is 1.84. The highest BCUT2D eigenvalue weighted by Gasteiger charge is 2.29. The van der Waals surface area contributed by atoms with Crippen molar-refractivity contribution >= 4 is 16.5 Å². The molecule has 1 fully saturated rings. The minimum Gasteiger partial charge on any atom is -0.370 e. The maximum Gasteiger partial charge on any atom is 0.209 e. The first-order valence-corrected chi connectivity index (χ1v) is 8.81. The molecular formula is C18H18N4OS. The third-order valence-electron chi connectivity index (χ3n) is 4.15. The molecule has 6 heteroatoms. The average Bonchev–Trinajstić information content (AvgIpc) is 3.13. The molecule has 2 atom stereocenters. The summed E-state index contributed by atoms with van der Waals surface area (Å²) in [6, 6.07) is 16.4. The van der Waals surface area contributed by atoms with E-state index in [-0.39, 0.29) is 12.1 Å². The van der Waals surface area contributed by atoms with Gasteiger partial charge in [0.1, 0.15) is 11.8 Å². The van der Waals surface area contributed by atoms with E-state index in [0.29, 0.717) is 6.61 Å². The van der Waals surface area contributed by atoms with Gasteiger partial charge in [0.2, 0.25) is 5.13 Å². The quantitative estimate of drug-likeness (QED) is 0.731. The summed E-state index contributed by atoms with van der Waals surface area (Å²) in [7, 11) is 0. The zero-order valence-electron chi connectivity index (χ0n) is 13.4. The fourth-order valence-corrected chi connectivity index (χ4v) is 3.75. The van der Waals surface area contributed by atoms with Gasteiger partial charge < -0.3 is 9.64 Å². The van der Waals surface area contributed by atoms with Gasteiger partial charge in [-0.3, -0.25) is 4.98 Å². The predicted octanol–water partition coefficient (Wildman–Crippen LogP) is 3.57. The normalized spacial score (nSPS) is 21.0. The molecular weight excluding hydrogens is 320 g/mol. The van der Waals surface area contributed by atoms with Crippen LogP contribution in [0.3, 0.4) is 0 Å². The number of rotatable bonds is 3. The third-order valence-corrected chi connectivity index (χ3v) is 5.13. The predicted molar refractivity (Wildman–Crippen MR) is 95.1 cm³/mol. The molecule has 1 saturated heterocycles. The molecule has 5 nitrogen and oxygen atoms in total. The van der Waals surface area contributed by atoms with Crippen LogP contribution in [0.15, 0.2) is 54.7 Å². The van der Waals surface area contributed by atoms with Gasteiger partial charge in [-0.15, -0.1) is 10.2 Å². The smallest absolute Gasteiger partial charge is 0.209 e. The Hall–Kier alpha value is -2.31. The third kappa shape index (κ3) is 3.02. The van der Waals surface area contributed by atoms with Crippen molar-refractivity contribution < 1.29 is 4.74 Å². The van der Waals surface area contributed by atoms with Gasteiger partial charge in [-0.25, -0.2) is 0 Å². The Kier molecular flexibility index (Phi) is 4.23. The summed E-state index contributed by atoms with van der Waals surface area (Å²) < 4.78 is 6.02. The van der Waals surface area contributed by atoms with Crippen LogP contribution in [-0.2, 0) is 4.74 Å². The summed E-state index contributed by atoms with van der Waals surface area (Å²) in [5.41, 5.74) is 2.06. The van der Waals surface area contributed by atoms with Crippen LogP contribution in [0.4, 0.5) is 5.13 Å².